The maximum atomic E-state index is 13.1. The quantitative estimate of drug-likeness (QED) is 0.820. The fraction of sp³-hybridized carbons (Fsp3) is 0.100. The average molecular weight is 239 g/mol. The van der Waals surface area contributed by atoms with Crippen LogP contribution < -0.4 is 10.6 Å². The van der Waals surface area contributed by atoms with Gasteiger partial charge in [0, 0.05) is 6.07 Å². The highest BCUT2D eigenvalue weighted by atomic mass is 19.1. The first kappa shape index (κ1) is 12.6. The number of nitrogens with zero attached hydrogens (tertiary/aromatic N) is 1. The molecular weight excluding hydrogens is 232 g/mol. The van der Waals surface area contributed by atoms with Crippen LogP contribution in [0, 0.1) is 23.0 Å². The topological polar surface area (TPSA) is 82.0 Å². The van der Waals surface area contributed by atoms with Gasteiger partial charge in [-0.2, -0.15) is 5.26 Å². The Morgan fingerprint density at radius 3 is 2.65 bits per heavy atom. The largest absolute Gasteiger partial charge is 0.325 e. The van der Waals surface area contributed by atoms with E-state index in [1.807, 2.05) is 5.32 Å². The Morgan fingerprint density at radius 1 is 1.35 bits per heavy atom. The molecule has 1 aromatic carbocycles. The van der Waals surface area contributed by atoms with Gasteiger partial charge in [-0.3, -0.25) is 10.1 Å². The van der Waals surface area contributed by atoms with Crippen molar-refractivity contribution in [3.8, 4) is 6.07 Å². The van der Waals surface area contributed by atoms with Gasteiger partial charge in [-0.15, -0.1) is 0 Å². The zero-order valence-corrected chi connectivity index (χ0v) is 8.46. The molecule has 0 spiro atoms. The molecule has 0 aliphatic carbocycles. The molecule has 1 aromatic rings. The van der Waals surface area contributed by atoms with Crippen molar-refractivity contribution in [1.29, 1.82) is 5.26 Å². The van der Waals surface area contributed by atoms with Gasteiger partial charge in [-0.1, -0.05) is 0 Å². The summed E-state index contributed by atoms with van der Waals surface area (Å²) in [6, 6.07) is 3.11. The summed E-state index contributed by atoms with van der Waals surface area (Å²) in [5.41, 5.74) is -0.270. The predicted molar refractivity (Wildman–Crippen MR) is 53.7 cm³/mol. The number of carbonyl (C=O) groups excluding carboxylic acids is 2. The van der Waals surface area contributed by atoms with E-state index < -0.39 is 30.0 Å². The summed E-state index contributed by atoms with van der Waals surface area (Å²) < 4.78 is 25.6. The third-order valence-corrected chi connectivity index (χ3v) is 1.67. The number of imide groups is 1. The number of amides is 3. The van der Waals surface area contributed by atoms with Crippen LogP contribution in [0.4, 0.5) is 19.3 Å². The van der Waals surface area contributed by atoms with Crippen LogP contribution in [0.3, 0.4) is 0 Å². The highest BCUT2D eigenvalue weighted by molar-refractivity contribution is 6.01. The van der Waals surface area contributed by atoms with Crippen molar-refractivity contribution >= 4 is 17.6 Å². The first-order valence-corrected chi connectivity index (χ1v) is 4.45. The van der Waals surface area contributed by atoms with Crippen LogP contribution in [-0.4, -0.2) is 11.9 Å². The molecule has 0 radical (unpaired) electrons. The summed E-state index contributed by atoms with van der Waals surface area (Å²) in [5, 5.41) is 12.0. The number of nitrogens with one attached hydrogen (secondary N) is 2. The fourth-order valence-corrected chi connectivity index (χ4v) is 0.987. The molecule has 1 rings (SSSR count). The minimum Gasteiger partial charge on any atom is -0.305 e. The molecule has 2 N–H and O–H groups in total. The van der Waals surface area contributed by atoms with Crippen molar-refractivity contribution in [2.24, 2.45) is 0 Å². The third-order valence-electron chi connectivity index (χ3n) is 1.67. The number of anilines is 1. The van der Waals surface area contributed by atoms with Crippen LogP contribution in [0.25, 0.3) is 0 Å². The van der Waals surface area contributed by atoms with E-state index in [4.69, 9.17) is 5.26 Å². The molecule has 5 nitrogen and oxygen atoms in total. The monoisotopic (exact) mass is 239 g/mol. The van der Waals surface area contributed by atoms with Gasteiger partial charge in [0.25, 0.3) is 0 Å². The Morgan fingerprint density at radius 2 is 2.06 bits per heavy atom. The number of carbonyl (C=O) groups is 2. The fourth-order valence-electron chi connectivity index (χ4n) is 0.987. The summed E-state index contributed by atoms with van der Waals surface area (Å²) in [5.74, 6) is -2.56. The second kappa shape index (κ2) is 5.55. The van der Waals surface area contributed by atoms with E-state index in [0.29, 0.717) is 6.07 Å². The number of rotatable bonds is 2. The van der Waals surface area contributed by atoms with Gasteiger partial charge in [-0.25, -0.2) is 13.6 Å². The van der Waals surface area contributed by atoms with Gasteiger partial charge in [0.15, 0.2) is 0 Å². The second-order valence-electron chi connectivity index (χ2n) is 2.96. The Hall–Kier alpha value is -2.49. The molecule has 88 valence electrons. The van der Waals surface area contributed by atoms with Crippen molar-refractivity contribution < 1.29 is 18.4 Å². The van der Waals surface area contributed by atoms with Gasteiger partial charge >= 0.3 is 6.03 Å². The Bertz CT molecular complexity index is 497. The highest BCUT2D eigenvalue weighted by Crippen LogP contribution is 2.14. The molecule has 0 saturated heterocycles. The standard InChI is InChI=1S/C10H7F2N3O2/c11-6-1-2-8(7(12)5-6)14-10(17)15-9(16)3-4-13/h1-2,5H,3H2,(H2,14,15,16,17). The van der Waals surface area contributed by atoms with Gasteiger partial charge < -0.3 is 5.32 Å². The number of urea groups is 1. The van der Waals surface area contributed by atoms with E-state index in [9.17, 15) is 18.4 Å². The molecule has 0 unspecified atom stereocenters. The molecule has 0 fully saturated rings. The van der Waals surface area contributed by atoms with Gasteiger partial charge in [-0.05, 0) is 12.1 Å². The van der Waals surface area contributed by atoms with Gasteiger partial charge in [0.2, 0.25) is 5.91 Å². The minimum atomic E-state index is -0.990. The van der Waals surface area contributed by atoms with Crippen molar-refractivity contribution in [3.05, 3.63) is 29.8 Å². The number of nitriles is 1. The normalized spacial score (nSPS) is 9.24. The van der Waals surface area contributed by atoms with E-state index in [1.54, 1.807) is 5.32 Å². The smallest absolute Gasteiger partial charge is 0.305 e. The number of hydrogen-bond donors (Lipinski definition) is 2. The Balaban J connectivity index is 2.63. The van der Waals surface area contributed by atoms with E-state index in [0.717, 1.165) is 12.1 Å². The molecule has 17 heavy (non-hydrogen) atoms. The van der Waals surface area contributed by atoms with Crippen LogP contribution in [-0.2, 0) is 4.79 Å². The maximum absolute atomic E-state index is 13.1. The molecular formula is C10H7F2N3O2. The lowest BCUT2D eigenvalue weighted by molar-refractivity contribution is -0.118. The Kier molecular flexibility index (Phi) is 4.11. The summed E-state index contributed by atoms with van der Waals surface area (Å²) in [7, 11) is 0. The van der Waals surface area contributed by atoms with Crippen molar-refractivity contribution in [2.75, 3.05) is 5.32 Å². The van der Waals surface area contributed by atoms with Crippen LogP contribution >= 0.6 is 0 Å². The molecule has 0 aromatic heterocycles. The van der Waals surface area contributed by atoms with E-state index in [1.165, 1.54) is 6.07 Å². The molecule has 7 heteroatoms. The summed E-state index contributed by atoms with van der Waals surface area (Å²) in [6.45, 7) is 0. The first-order valence-electron chi connectivity index (χ1n) is 4.45. The molecule has 3 amide bonds. The average Bonchev–Trinajstić information content (AvgIpc) is 2.22. The zero-order valence-electron chi connectivity index (χ0n) is 8.46. The van der Waals surface area contributed by atoms with Crippen molar-refractivity contribution in [1.82, 2.24) is 5.32 Å². The second-order valence-corrected chi connectivity index (χ2v) is 2.96. The van der Waals surface area contributed by atoms with E-state index in [-0.39, 0.29) is 5.69 Å². The van der Waals surface area contributed by atoms with Crippen LogP contribution in [0.15, 0.2) is 18.2 Å². The zero-order chi connectivity index (χ0) is 12.8. The maximum Gasteiger partial charge on any atom is 0.325 e. The Labute approximate surface area is 95.0 Å². The molecule has 0 bridgehead atoms. The number of hydrogen-bond acceptors (Lipinski definition) is 3. The highest BCUT2D eigenvalue weighted by Gasteiger charge is 2.10. The molecule has 0 aliphatic heterocycles. The molecule has 0 heterocycles. The molecule has 0 aliphatic rings. The lowest BCUT2D eigenvalue weighted by Crippen LogP contribution is -2.34. The first-order chi connectivity index (χ1) is 8.02. The third kappa shape index (κ3) is 3.87. The van der Waals surface area contributed by atoms with Gasteiger partial charge in [0.1, 0.15) is 18.1 Å². The van der Waals surface area contributed by atoms with Crippen molar-refractivity contribution in [2.45, 2.75) is 6.42 Å². The summed E-state index contributed by atoms with van der Waals surface area (Å²) >= 11 is 0. The van der Waals surface area contributed by atoms with Gasteiger partial charge in [0.05, 0.1) is 11.8 Å². The minimum absolute atomic E-state index is 0.270. The molecule has 0 atom stereocenters. The predicted octanol–water partition coefficient (Wildman–Crippen LogP) is 1.53. The van der Waals surface area contributed by atoms with Crippen molar-refractivity contribution in [3.63, 3.8) is 0 Å². The SMILES string of the molecule is N#CCC(=O)NC(=O)Nc1ccc(F)cc1F. The number of halogens is 2. The van der Waals surface area contributed by atoms with Crippen LogP contribution in [0.1, 0.15) is 6.42 Å². The number of benzene rings is 1. The summed E-state index contributed by atoms with van der Waals surface area (Å²) in [6.07, 6.45) is -0.487. The van der Waals surface area contributed by atoms with E-state index >= 15 is 0 Å². The van der Waals surface area contributed by atoms with Crippen LogP contribution in [0.5, 0.6) is 0 Å². The van der Waals surface area contributed by atoms with Crippen LogP contribution in [0.2, 0.25) is 0 Å². The lowest BCUT2D eigenvalue weighted by atomic mass is 10.3. The molecule has 0 saturated carbocycles. The summed E-state index contributed by atoms with van der Waals surface area (Å²) in [4.78, 5) is 22.0. The lowest BCUT2D eigenvalue weighted by Gasteiger charge is -2.06. The van der Waals surface area contributed by atoms with E-state index in [2.05, 4.69) is 0 Å².